The smallest absolute Gasteiger partial charge is 0.0704 e. The molecule has 0 aliphatic rings. The van der Waals surface area contributed by atoms with Gasteiger partial charge in [-0.1, -0.05) is 36.4 Å². The third-order valence-corrected chi connectivity index (χ3v) is 3.62. The van der Waals surface area contributed by atoms with Crippen LogP contribution in [0.15, 0.2) is 53.5 Å². The second kappa shape index (κ2) is 6.90. The van der Waals surface area contributed by atoms with Crippen molar-refractivity contribution in [2.75, 3.05) is 11.9 Å². The molecule has 104 valence electrons. The third-order valence-electron chi connectivity index (χ3n) is 3.62. The van der Waals surface area contributed by atoms with Crippen LogP contribution in [0, 0.1) is 13.8 Å². The summed E-state index contributed by atoms with van der Waals surface area (Å²) in [5.41, 5.74) is 5.07. The van der Waals surface area contributed by atoms with E-state index in [1.807, 2.05) is 6.07 Å². The minimum absolute atomic E-state index is 0.194. The van der Waals surface area contributed by atoms with Crippen LogP contribution in [0.3, 0.4) is 0 Å². The molecule has 1 N–H and O–H groups in total. The van der Waals surface area contributed by atoms with Crippen molar-refractivity contribution in [1.82, 2.24) is 0 Å². The van der Waals surface area contributed by atoms with Crippen LogP contribution in [0.2, 0.25) is 0 Å². The fraction of sp³-hybridized carbons (Fsp3) is 0.278. The summed E-state index contributed by atoms with van der Waals surface area (Å²) in [4.78, 5) is 4.23. The molecular formula is C18H22N2. The number of aliphatic imine (C=N–C) groups is 1. The van der Waals surface area contributed by atoms with E-state index in [0.717, 1.165) is 18.7 Å². The van der Waals surface area contributed by atoms with E-state index in [1.54, 1.807) is 0 Å². The molecule has 2 aromatic carbocycles. The first kappa shape index (κ1) is 14.3. The summed E-state index contributed by atoms with van der Waals surface area (Å²) in [6.45, 7) is 8.78. The van der Waals surface area contributed by atoms with Gasteiger partial charge in [-0.2, -0.15) is 0 Å². The summed E-state index contributed by atoms with van der Waals surface area (Å²) >= 11 is 0. The summed E-state index contributed by atoms with van der Waals surface area (Å²) in [5, 5.41) is 3.45. The molecular weight excluding hydrogens is 244 g/mol. The van der Waals surface area contributed by atoms with Crippen LogP contribution in [-0.4, -0.2) is 19.3 Å². The van der Waals surface area contributed by atoms with Crippen molar-refractivity contribution in [3.8, 4) is 0 Å². The highest BCUT2D eigenvalue weighted by Gasteiger charge is 2.07. The first-order chi connectivity index (χ1) is 9.69. The lowest BCUT2D eigenvalue weighted by Crippen LogP contribution is -2.20. The average Bonchev–Trinajstić information content (AvgIpc) is 2.48. The lowest BCUT2D eigenvalue weighted by Gasteiger charge is -2.15. The lowest BCUT2D eigenvalue weighted by atomic mass is 10.1. The Morgan fingerprint density at radius 3 is 2.45 bits per heavy atom. The Hall–Kier alpha value is -2.09. The molecule has 0 aliphatic carbocycles. The fourth-order valence-electron chi connectivity index (χ4n) is 2.17. The molecule has 0 saturated heterocycles. The predicted octanol–water partition coefficient (Wildman–Crippen LogP) is 4.03. The Morgan fingerprint density at radius 1 is 1.05 bits per heavy atom. The van der Waals surface area contributed by atoms with E-state index in [1.165, 1.54) is 16.7 Å². The molecule has 0 fully saturated rings. The van der Waals surface area contributed by atoms with Crippen LogP contribution < -0.4 is 5.32 Å². The zero-order valence-electron chi connectivity index (χ0n) is 12.3. The predicted molar refractivity (Wildman–Crippen MR) is 87.9 cm³/mol. The number of benzene rings is 2. The molecule has 0 aliphatic heterocycles. The normalized spacial score (nSPS) is 11.9. The Balaban J connectivity index is 1.93. The van der Waals surface area contributed by atoms with Gasteiger partial charge in [0.25, 0.3) is 0 Å². The zero-order valence-corrected chi connectivity index (χ0v) is 12.3. The maximum atomic E-state index is 4.23. The molecule has 1 atom stereocenters. The maximum Gasteiger partial charge on any atom is 0.0704 e. The largest absolute Gasteiger partial charge is 0.383 e. The van der Waals surface area contributed by atoms with Crippen molar-refractivity contribution in [1.29, 1.82) is 0 Å². The topological polar surface area (TPSA) is 24.4 Å². The van der Waals surface area contributed by atoms with Gasteiger partial charge in [0.2, 0.25) is 0 Å². The second-order valence-electron chi connectivity index (χ2n) is 5.21. The van der Waals surface area contributed by atoms with Crippen molar-refractivity contribution < 1.29 is 0 Å². The fourth-order valence-corrected chi connectivity index (χ4v) is 2.17. The Labute approximate surface area is 121 Å². The van der Waals surface area contributed by atoms with Gasteiger partial charge in [0.05, 0.1) is 6.04 Å². The van der Waals surface area contributed by atoms with Gasteiger partial charge in [0, 0.05) is 12.2 Å². The van der Waals surface area contributed by atoms with Crippen LogP contribution in [0.5, 0.6) is 0 Å². The third kappa shape index (κ3) is 3.95. The molecule has 2 aromatic rings. The molecule has 2 heteroatoms. The molecule has 0 saturated carbocycles. The molecule has 2 nitrogen and oxygen atoms in total. The minimum atomic E-state index is 0.194. The van der Waals surface area contributed by atoms with E-state index in [9.17, 15) is 0 Å². The maximum absolute atomic E-state index is 4.23. The van der Waals surface area contributed by atoms with Crippen LogP contribution in [0.1, 0.15) is 16.7 Å². The minimum Gasteiger partial charge on any atom is -0.383 e. The summed E-state index contributed by atoms with van der Waals surface area (Å²) in [6, 6.07) is 17.1. The number of anilines is 1. The molecule has 0 radical (unpaired) electrons. The highest BCUT2D eigenvalue weighted by Crippen LogP contribution is 2.15. The van der Waals surface area contributed by atoms with Gasteiger partial charge in [-0.3, -0.25) is 4.99 Å². The van der Waals surface area contributed by atoms with Gasteiger partial charge in [0.1, 0.15) is 0 Å². The average molecular weight is 266 g/mol. The van der Waals surface area contributed by atoms with E-state index in [2.05, 4.69) is 73.3 Å². The Bertz CT molecular complexity index is 561. The van der Waals surface area contributed by atoms with E-state index < -0.39 is 0 Å². The summed E-state index contributed by atoms with van der Waals surface area (Å²) < 4.78 is 0. The summed E-state index contributed by atoms with van der Waals surface area (Å²) in [7, 11) is 0. The first-order valence-electron chi connectivity index (χ1n) is 7.00. The number of nitrogens with zero attached hydrogens (tertiary/aromatic N) is 1. The SMILES string of the molecule is C=NC(CNc1ccc(C)c(C)c1)Cc1ccccc1. The van der Waals surface area contributed by atoms with Gasteiger partial charge in [-0.15, -0.1) is 0 Å². The molecule has 20 heavy (non-hydrogen) atoms. The van der Waals surface area contributed by atoms with Crippen LogP contribution >= 0.6 is 0 Å². The number of aryl methyl sites for hydroxylation is 2. The highest BCUT2D eigenvalue weighted by atomic mass is 14.9. The molecule has 2 rings (SSSR count). The second-order valence-corrected chi connectivity index (χ2v) is 5.21. The number of rotatable bonds is 6. The Morgan fingerprint density at radius 2 is 1.80 bits per heavy atom. The summed E-state index contributed by atoms with van der Waals surface area (Å²) in [6.07, 6.45) is 0.919. The van der Waals surface area contributed by atoms with Crippen LogP contribution in [-0.2, 0) is 6.42 Å². The van der Waals surface area contributed by atoms with Crippen LogP contribution in [0.25, 0.3) is 0 Å². The molecule has 0 amide bonds. The van der Waals surface area contributed by atoms with E-state index >= 15 is 0 Å². The molecule has 0 bridgehead atoms. The standard InChI is InChI=1S/C18H22N2/c1-14-9-10-17(11-15(14)2)20-13-18(19-3)12-16-7-5-4-6-8-16/h4-11,18,20H,3,12-13H2,1-2H3. The van der Waals surface area contributed by atoms with E-state index in [4.69, 9.17) is 0 Å². The van der Waals surface area contributed by atoms with E-state index in [-0.39, 0.29) is 6.04 Å². The van der Waals surface area contributed by atoms with Gasteiger partial charge in [-0.25, -0.2) is 0 Å². The Kier molecular flexibility index (Phi) is 4.94. The molecule has 0 spiro atoms. The van der Waals surface area contributed by atoms with Gasteiger partial charge >= 0.3 is 0 Å². The number of hydrogen-bond acceptors (Lipinski definition) is 2. The number of nitrogens with one attached hydrogen (secondary N) is 1. The summed E-state index contributed by atoms with van der Waals surface area (Å²) in [5.74, 6) is 0. The molecule has 1 unspecified atom stereocenters. The van der Waals surface area contributed by atoms with Crippen LogP contribution in [0.4, 0.5) is 5.69 Å². The number of hydrogen-bond donors (Lipinski definition) is 1. The van der Waals surface area contributed by atoms with Crippen molar-refractivity contribution in [2.45, 2.75) is 26.3 Å². The van der Waals surface area contributed by atoms with Crippen molar-refractivity contribution in [3.63, 3.8) is 0 Å². The molecule has 0 aromatic heterocycles. The highest BCUT2D eigenvalue weighted by molar-refractivity contribution is 5.48. The van der Waals surface area contributed by atoms with Crippen molar-refractivity contribution in [3.05, 3.63) is 65.2 Å². The monoisotopic (exact) mass is 266 g/mol. The first-order valence-corrected chi connectivity index (χ1v) is 7.00. The zero-order chi connectivity index (χ0) is 14.4. The van der Waals surface area contributed by atoms with Crippen molar-refractivity contribution >= 4 is 12.4 Å². The van der Waals surface area contributed by atoms with Crippen molar-refractivity contribution in [2.24, 2.45) is 4.99 Å². The van der Waals surface area contributed by atoms with Gasteiger partial charge in [-0.05, 0) is 55.8 Å². The van der Waals surface area contributed by atoms with Gasteiger partial charge in [0.15, 0.2) is 0 Å². The lowest BCUT2D eigenvalue weighted by molar-refractivity contribution is 0.707. The molecule has 0 heterocycles. The van der Waals surface area contributed by atoms with E-state index in [0.29, 0.717) is 0 Å². The van der Waals surface area contributed by atoms with Gasteiger partial charge < -0.3 is 5.32 Å². The quantitative estimate of drug-likeness (QED) is 0.784.